The van der Waals surface area contributed by atoms with Crippen molar-refractivity contribution < 1.29 is 9.18 Å². The number of aromatic nitrogens is 4. The number of fused-ring (bicyclic) bond motifs is 1. The summed E-state index contributed by atoms with van der Waals surface area (Å²) in [7, 11) is 1.99. The first-order valence-corrected chi connectivity index (χ1v) is 14.5. The van der Waals surface area contributed by atoms with Crippen LogP contribution in [0.15, 0.2) is 41.8 Å². The highest BCUT2D eigenvalue weighted by Gasteiger charge is 2.25. The van der Waals surface area contributed by atoms with Crippen molar-refractivity contribution in [1.82, 2.24) is 29.4 Å². The summed E-state index contributed by atoms with van der Waals surface area (Å²) in [6.07, 6.45) is 3.01. The highest BCUT2D eigenvalue weighted by atomic mass is 32.1. The van der Waals surface area contributed by atoms with Gasteiger partial charge in [0, 0.05) is 57.3 Å². The summed E-state index contributed by atoms with van der Waals surface area (Å²) in [5.41, 5.74) is 3.43. The minimum absolute atomic E-state index is 0.253. The van der Waals surface area contributed by atoms with E-state index in [0.717, 1.165) is 97.9 Å². The zero-order valence-electron chi connectivity index (χ0n) is 22.4. The number of anilines is 3. The molecule has 0 unspecified atom stereocenters. The molecule has 0 saturated carbocycles. The van der Waals surface area contributed by atoms with E-state index in [1.165, 1.54) is 23.5 Å². The Balaban J connectivity index is 1.20. The molecule has 6 rings (SSSR count). The number of rotatable bonds is 7. The Morgan fingerprint density at radius 2 is 1.74 bits per heavy atom. The standard InChI is InChI=1S/C28H33FN8OS/c1-3-22-27(33(2)28-31-23(19-39-28)20-6-8-21(29)9-7-20)37-24(30-22)10-11-25(32-37)35-16-14-34(15-17-35)18-26(38)36-12-4-5-13-36/h6-11,19H,3-5,12-18H2,1-2H3. The molecule has 2 saturated heterocycles. The summed E-state index contributed by atoms with van der Waals surface area (Å²) in [6.45, 7) is 7.71. The van der Waals surface area contributed by atoms with Crippen LogP contribution in [0.25, 0.3) is 16.9 Å². The Morgan fingerprint density at radius 3 is 2.46 bits per heavy atom. The summed E-state index contributed by atoms with van der Waals surface area (Å²) in [5.74, 6) is 1.78. The predicted molar refractivity (Wildman–Crippen MR) is 152 cm³/mol. The van der Waals surface area contributed by atoms with Crippen molar-refractivity contribution in [3.63, 3.8) is 0 Å². The van der Waals surface area contributed by atoms with Crippen molar-refractivity contribution >= 4 is 39.7 Å². The third kappa shape index (κ3) is 5.20. The average Bonchev–Trinajstić information content (AvgIpc) is 3.73. The number of amides is 1. The fourth-order valence-corrected chi connectivity index (χ4v) is 6.16. The van der Waals surface area contributed by atoms with Crippen molar-refractivity contribution in [2.24, 2.45) is 0 Å². The predicted octanol–water partition coefficient (Wildman–Crippen LogP) is 4.07. The second kappa shape index (κ2) is 10.9. The monoisotopic (exact) mass is 548 g/mol. The van der Waals surface area contributed by atoms with Crippen LogP contribution in [-0.2, 0) is 11.2 Å². The van der Waals surface area contributed by atoms with Crippen LogP contribution in [0.2, 0.25) is 0 Å². The number of nitrogens with zero attached hydrogens (tertiary/aromatic N) is 8. The molecule has 0 N–H and O–H groups in total. The maximum absolute atomic E-state index is 13.4. The van der Waals surface area contributed by atoms with E-state index < -0.39 is 0 Å². The third-order valence-electron chi connectivity index (χ3n) is 7.59. The third-order valence-corrected chi connectivity index (χ3v) is 8.51. The molecule has 1 amide bonds. The van der Waals surface area contributed by atoms with Crippen molar-refractivity contribution in [1.29, 1.82) is 0 Å². The molecule has 0 aliphatic carbocycles. The van der Waals surface area contributed by atoms with Gasteiger partial charge in [0.15, 0.2) is 16.6 Å². The number of hydrogen-bond donors (Lipinski definition) is 0. The molecule has 1 aromatic carbocycles. The number of likely N-dealkylation sites (tertiary alicyclic amines) is 1. The Hall–Kier alpha value is -3.57. The van der Waals surface area contributed by atoms with Gasteiger partial charge in [0.05, 0.1) is 17.9 Å². The van der Waals surface area contributed by atoms with Crippen molar-refractivity contribution in [2.75, 3.05) is 62.7 Å². The molecule has 2 aliphatic rings. The number of benzene rings is 1. The quantitative estimate of drug-likeness (QED) is 0.345. The van der Waals surface area contributed by atoms with E-state index >= 15 is 0 Å². The van der Waals surface area contributed by atoms with Gasteiger partial charge >= 0.3 is 0 Å². The summed E-state index contributed by atoms with van der Waals surface area (Å²) in [6, 6.07) is 10.5. The van der Waals surface area contributed by atoms with Crippen LogP contribution in [0.3, 0.4) is 0 Å². The molecule has 5 heterocycles. The number of imidazole rings is 1. The SMILES string of the molecule is CCc1nc2ccc(N3CCN(CC(=O)N4CCCC4)CC3)nn2c1N(C)c1nc(-c2ccc(F)cc2)cs1. The van der Waals surface area contributed by atoms with Crippen LogP contribution in [0.1, 0.15) is 25.5 Å². The topological polar surface area (TPSA) is 73.1 Å². The highest BCUT2D eigenvalue weighted by Crippen LogP contribution is 2.33. The Kier molecular flexibility index (Phi) is 7.18. The average molecular weight is 549 g/mol. The lowest BCUT2D eigenvalue weighted by Gasteiger charge is -2.35. The Labute approximate surface area is 231 Å². The number of hydrogen-bond acceptors (Lipinski definition) is 8. The first kappa shape index (κ1) is 25.7. The van der Waals surface area contributed by atoms with E-state index in [9.17, 15) is 9.18 Å². The molecule has 3 aromatic heterocycles. The number of piperazine rings is 1. The lowest BCUT2D eigenvalue weighted by Crippen LogP contribution is -2.50. The van der Waals surface area contributed by atoms with E-state index in [2.05, 4.69) is 16.7 Å². The lowest BCUT2D eigenvalue weighted by atomic mass is 10.2. The first-order valence-electron chi connectivity index (χ1n) is 13.6. The van der Waals surface area contributed by atoms with Gasteiger partial charge in [-0.1, -0.05) is 6.92 Å². The number of thiazole rings is 1. The number of aryl methyl sites for hydroxylation is 1. The van der Waals surface area contributed by atoms with E-state index in [-0.39, 0.29) is 11.7 Å². The largest absolute Gasteiger partial charge is 0.353 e. The molecular formula is C28H33FN8OS. The van der Waals surface area contributed by atoms with Gasteiger partial charge in [0.25, 0.3) is 0 Å². The van der Waals surface area contributed by atoms with Crippen LogP contribution in [-0.4, -0.2) is 88.2 Å². The molecule has 0 spiro atoms. The minimum atomic E-state index is -0.261. The molecule has 4 aromatic rings. The van der Waals surface area contributed by atoms with Crippen LogP contribution in [0.5, 0.6) is 0 Å². The Bertz CT molecular complexity index is 1450. The van der Waals surface area contributed by atoms with Crippen LogP contribution in [0.4, 0.5) is 21.2 Å². The van der Waals surface area contributed by atoms with Crippen LogP contribution in [0, 0.1) is 5.82 Å². The molecule has 204 valence electrons. The number of halogens is 1. The van der Waals surface area contributed by atoms with Crippen LogP contribution < -0.4 is 9.80 Å². The maximum Gasteiger partial charge on any atom is 0.236 e. The fourth-order valence-electron chi connectivity index (χ4n) is 5.35. The van der Waals surface area contributed by atoms with Gasteiger partial charge in [-0.3, -0.25) is 9.69 Å². The second-order valence-electron chi connectivity index (χ2n) is 10.1. The molecule has 9 nitrogen and oxygen atoms in total. The van der Waals surface area contributed by atoms with Gasteiger partial charge in [-0.25, -0.2) is 14.4 Å². The van der Waals surface area contributed by atoms with Gasteiger partial charge in [-0.15, -0.1) is 16.4 Å². The van der Waals surface area contributed by atoms with Gasteiger partial charge in [0.1, 0.15) is 11.6 Å². The Morgan fingerprint density at radius 1 is 1.00 bits per heavy atom. The smallest absolute Gasteiger partial charge is 0.236 e. The molecule has 0 atom stereocenters. The normalized spacial score (nSPS) is 16.4. The molecule has 0 radical (unpaired) electrons. The molecule has 39 heavy (non-hydrogen) atoms. The lowest BCUT2D eigenvalue weighted by molar-refractivity contribution is -0.131. The highest BCUT2D eigenvalue weighted by molar-refractivity contribution is 7.14. The van der Waals surface area contributed by atoms with Crippen molar-refractivity contribution in [3.8, 4) is 11.3 Å². The van der Waals surface area contributed by atoms with E-state index in [1.807, 2.05) is 38.9 Å². The molecule has 2 aliphatic heterocycles. The van der Waals surface area contributed by atoms with E-state index in [0.29, 0.717) is 6.54 Å². The fraction of sp³-hybridized carbons (Fsp3) is 0.429. The van der Waals surface area contributed by atoms with E-state index in [1.54, 1.807) is 12.1 Å². The van der Waals surface area contributed by atoms with Gasteiger partial charge < -0.3 is 14.7 Å². The van der Waals surface area contributed by atoms with Gasteiger partial charge in [-0.2, -0.15) is 4.52 Å². The summed E-state index contributed by atoms with van der Waals surface area (Å²) in [4.78, 5) is 30.8. The van der Waals surface area contributed by atoms with Crippen molar-refractivity contribution in [3.05, 3.63) is 53.3 Å². The zero-order valence-corrected chi connectivity index (χ0v) is 23.2. The minimum Gasteiger partial charge on any atom is -0.353 e. The van der Waals surface area contributed by atoms with Crippen LogP contribution >= 0.6 is 11.3 Å². The van der Waals surface area contributed by atoms with Gasteiger partial charge in [0.2, 0.25) is 5.91 Å². The zero-order chi connectivity index (χ0) is 26.9. The number of carbonyl (C=O) groups is 1. The maximum atomic E-state index is 13.4. The van der Waals surface area contributed by atoms with Gasteiger partial charge in [-0.05, 0) is 55.7 Å². The summed E-state index contributed by atoms with van der Waals surface area (Å²) < 4.78 is 15.3. The summed E-state index contributed by atoms with van der Waals surface area (Å²) in [5, 5.41) is 7.82. The molecule has 11 heteroatoms. The summed E-state index contributed by atoms with van der Waals surface area (Å²) >= 11 is 1.53. The van der Waals surface area contributed by atoms with Crippen molar-refractivity contribution in [2.45, 2.75) is 26.2 Å². The second-order valence-corrected chi connectivity index (χ2v) is 11.0. The molecule has 2 fully saturated rings. The molecular weight excluding hydrogens is 515 g/mol. The van der Waals surface area contributed by atoms with E-state index in [4.69, 9.17) is 15.1 Å². The first-order chi connectivity index (χ1) is 19.0. The number of carbonyl (C=O) groups excluding carboxylic acids is 1. The molecule has 0 bridgehead atoms.